The number of hydrogen-bond donors (Lipinski definition) is 2. The molecule has 56 valence electrons. The first-order valence-corrected chi connectivity index (χ1v) is 4.29. The highest BCUT2D eigenvalue weighted by molar-refractivity contribution is 7.99. The fraction of sp³-hybridized carbons (Fsp3) is 1.00. The van der Waals surface area contributed by atoms with E-state index in [1.807, 2.05) is 0 Å². The van der Waals surface area contributed by atoms with E-state index in [-0.39, 0.29) is 12.7 Å². The molecule has 0 radical (unpaired) electrons. The van der Waals surface area contributed by atoms with Crippen molar-refractivity contribution in [3.63, 3.8) is 0 Å². The first-order valence-electron chi connectivity index (χ1n) is 3.14. The van der Waals surface area contributed by atoms with Crippen molar-refractivity contribution < 1.29 is 10.2 Å². The zero-order valence-electron chi connectivity index (χ0n) is 5.71. The van der Waals surface area contributed by atoms with Crippen molar-refractivity contribution in [2.24, 2.45) is 0 Å². The monoisotopic (exact) mass is 150 g/mol. The van der Waals surface area contributed by atoms with Gasteiger partial charge in [0.15, 0.2) is 0 Å². The fourth-order valence-electron chi connectivity index (χ4n) is 0.421. The van der Waals surface area contributed by atoms with Crippen LogP contribution in [-0.4, -0.2) is 34.4 Å². The SMILES string of the molecule is C[C@H](O)CSCCCO. The molecule has 0 fully saturated rings. The lowest BCUT2D eigenvalue weighted by Gasteiger charge is -2.01. The maximum Gasteiger partial charge on any atom is 0.0602 e. The molecule has 0 saturated carbocycles. The zero-order valence-corrected chi connectivity index (χ0v) is 6.52. The molecule has 0 aliphatic carbocycles. The van der Waals surface area contributed by atoms with Gasteiger partial charge in [0.25, 0.3) is 0 Å². The average molecular weight is 150 g/mol. The molecule has 9 heavy (non-hydrogen) atoms. The van der Waals surface area contributed by atoms with E-state index in [1.165, 1.54) is 0 Å². The highest BCUT2D eigenvalue weighted by Gasteiger charge is 1.93. The van der Waals surface area contributed by atoms with Gasteiger partial charge in [-0.25, -0.2) is 0 Å². The molecule has 0 rings (SSSR count). The molecule has 0 aromatic rings. The quantitative estimate of drug-likeness (QED) is 0.560. The lowest BCUT2D eigenvalue weighted by molar-refractivity contribution is 0.220. The minimum Gasteiger partial charge on any atom is -0.396 e. The standard InChI is InChI=1S/C6H14O2S/c1-6(8)5-9-4-2-3-7/h6-8H,2-5H2,1H3/t6-/m0/s1. The Morgan fingerprint density at radius 2 is 2.22 bits per heavy atom. The smallest absolute Gasteiger partial charge is 0.0602 e. The van der Waals surface area contributed by atoms with Gasteiger partial charge in [-0.3, -0.25) is 0 Å². The van der Waals surface area contributed by atoms with Crippen molar-refractivity contribution >= 4 is 11.8 Å². The van der Waals surface area contributed by atoms with Gasteiger partial charge in [0.1, 0.15) is 0 Å². The second-order valence-corrected chi connectivity index (χ2v) is 3.15. The summed E-state index contributed by atoms with van der Waals surface area (Å²) >= 11 is 1.68. The Hall–Kier alpha value is 0.270. The van der Waals surface area contributed by atoms with E-state index in [1.54, 1.807) is 18.7 Å². The molecule has 0 spiro atoms. The lowest BCUT2D eigenvalue weighted by atomic mass is 10.5. The molecule has 2 nitrogen and oxygen atoms in total. The molecule has 0 bridgehead atoms. The topological polar surface area (TPSA) is 40.5 Å². The second kappa shape index (κ2) is 6.39. The van der Waals surface area contributed by atoms with Gasteiger partial charge in [-0.1, -0.05) is 0 Å². The Kier molecular flexibility index (Phi) is 6.58. The summed E-state index contributed by atoms with van der Waals surface area (Å²) < 4.78 is 0. The number of rotatable bonds is 5. The van der Waals surface area contributed by atoms with Crippen LogP contribution in [0.5, 0.6) is 0 Å². The van der Waals surface area contributed by atoms with E-state index >= 15 is 0 Å². The summed E-state index contributed by atoms with van der Waals surface area (Å²) in [7, 11) is 0. The molecule has 0 unspecified atom stereocenters. The average Bonchev–Trinajstić information content (AvgIpc) is 1.80. The Balaban J connectivity index is 2.75. The van der Waals surface area contributed by atoms with Gasteiger partial charge in [0, 0.05) is 12.4 Å². The Bertz CT molecular complexity index is 57.0. The molecule has 0 amide bonds. The van der Waals surface area contributed by atoms with E-state index < -0.39 is 0 Å². The van der Waals surface area contributed by atoms with Gasteiger partial charge in [-0.2, -0.15) is 11.8 Å². The molecule has 0 aromatic heterocycles. The van der Waals surface area contributed by atoms with Gasteiger partial charge in [-0.05, 0) is 19.1 Å². The fourth-order valence-corrected chi connectivity index (χ4v) is 1.26. The van der Waals surface area contributed by atoms with Gasteiger partial charge < -0.3 is 10.2 Å². The maximum atomic E-state index is 8.77. The second-order valence-electron chi connectivity index (χ2n) is 2.00. The Labute approximate surface area is 60.3 Å². The summed E-state index contributed by atoms with van der Waals surface area (Å²) in [5.41, 5.74) is 0. The molecular weight excluding hydrogens is 136 g/mol. The Morgan fingerprint density at radius 1 is 1.56 bits per heavy atom. The van der Waals surface area contributed by atoms with Crippen molar-refractivity contribution in [2.45, 2.75) is 19.4 Å². The van der Waals surface area contributed by atoms with Crippen molar-refractivity contribution in [1.82, 2.24) is 0 Å². The molecule has 0 aliphatic rings. The van der Waals surface area contributed by atoms with Crippen LogP contribution < -0.4 is 0 Å². The van der Waals surface area contributed by atoms with E-state index in [4.69, 9.17) is 10.2 Å². The third-order valence-corrected chi connectivity index (χ3v) is 2.10. The summed E-state index contributed by atoms with van der Waals surface area (Å²) in [5, 5.41) is 17.1. The van der Waals surface area contributed by atoms with Crippen LogP contribution in [-0.2, 0) is 0 Å². The van der Waals surface area contributed by atoms with E-state index in [2.05, 4.69) is 0 Å². The van der Waals surface area contributed by atoms with Crippen LogP contribution in [0, 0.1) is 0 Å². The Morgan fingerprint density at radius 3 is 2.67 bits per heavy atom. The molecule has 3 heteroatoms. The van der Waals surface area contributed by atoms with Crippen molar-refractivity contribution in [3.05, 3.63) is 0 Å². The summed E-state index contributed by atoms with van der Waals surface area (Å²) in [6, 6.07) is 0. The third kappa shape index (κ3) is 8.27. The first-order chi connectivity index (χ1) is 4.27. The summed E-state index contributed by atoms with van der Waals surface area (Å²) in [5.74, 6) is 1.72. The van der Waals surface area contributed by atoms with Crippen molar-refractivity contribution in [3.8, 4) is 0 Å². The van der Waals surface area contributed by atoms with Crippen molar-refractivity contribution in [1.29, 1.82) is 0 Å². The van der Waals surface area contributed by atoms with E-state index in [9.17, 15) is 0 Å². The summed E-state index contributed by atoms with van der Waals surface area (Å²) in [4.78, 5) is 0. The van der Waals surface area contributed by atoms with Gasteiger partial charge in [0.2, 0.25) is 0 Å². The molecular formula is C6H14O2S. The van der Waals surface area contributed by atoms with E-state index in [0.29, 0.717) is 0 Å². The number of hydrogen-bond acceptors (Lipinski definition) is 3. The molecule has 0 heterocycles. The van der Waals surface area contributed by atoms with Crippen LogP contribution in [0.15, 0.2) is 0 Å². The molecule has 1 atom stereocenters. The summed E-state index contributed by atoms with van der Waals surface area (Å²) in [6.07, 6.45) is 0.617. The van der Waals surface area contributed by atoms with Gasteiger partial charge in [0.05, 0.1) is 6.10 Å². The predicted octanol–water partition coefficient (Wildman–Crippen LogP) is 0.483. The molecule has 0 aliphatic heterocycles. The highest BCUT2D eigenvalue weighted by atomic mass is 32.2. The zero-order chi connectivity index (χ0) is 7.11. The van der Waals surface area contributed by atoms with Gasteiger partial charge >= 0.3 is 0 Å². The molecule has 0 saturated heterocycles. The maximum absolute atomic E-state index is 8.77. The largest absolute Gasteiger partial charge is 0.396 e. The van der Waals surface area contributed by atoms with Crippen LogP contribution in [0.2, 0.25) is 0 Å². The lowest BCUT2D eigenvalue weighted by Crippen LogP contribution is -2.03. The van der Waals surface area contributed by atoms with E-state index in [0.717, 1.165) is 17.9 Å². The number of thioether (sulfide) groups is 1. The van der Waals surface area contributed by atoms with Crippen molar-refractivity contribution in [2.75, 3.05) is 18.1 Å². The van der Waals surface area contributed by atoms with Crippen LogP contribution in [0.3, 0.4) is 0 Å². The first kappa shape index (κ1) is 9.27. The highest BCUT2D eigenvalue weighted by Crippen LogP contribution is 2.03. The summed E-state index contributed by atoms with van der Waals surface area (Å²) in [6.45, 7) is 2.03. The van der Waals surface area contributed by atoms with Crippen LogP contribution in [0.25, 0.3) is 0 Å². The molecule has 0 aromatic carbocycles. The minimum absolute atomic E-state index is 0.214. The third-order valence-electron chi connectivity index (χ3n) is 0.806. The van der Waals surface area contributed by atoms with Crippen LogP contribution >= 0.6 is 11.8 Å². The minimum atomic E-state index is -0.214. The normalized spacial score (nSPS) is 13.7. The predicted molar refractivity (Wildman–Crippen MR) is 40.7 cm³/mol. The molecule has 2 N–H and O–H groups in total. The number of aliphatic hydroxyl groups is 2. The van der Waals surface area contributed by atoms with Crippen LogP contribution in [0.1, 0.15) is 13.3 Å². The number of aliphatic hydroxyl groups excluding tert-OH is 2. The van der Waals surface area contributed by atoms with Gasteiger partial charge in [-0.15, -0.1) is 0 Å². The van der Waals surface area contributed by atoms with Crippen LogP contribution in [0.4, 0.5) is 0 Å².